The van der Waals surface area contributed by atoms with Crippen LogP contribution in [0.15, 0.2) is 47.4 Å². The highest BCUT2D eigenvalue weighted by atomic mass is 32.1. The van der Waals surface area contributed by atoms with E-state index in [0.29, 0.717) is 0 Å². The highest BCUT2D eigenvalue weighted by Gasteiger charge is 2.04. The average Bonchev–Trinajstić information content (AvgIpc) is 2.42. The molecular weight excluding hydrogens is 250 g/mol. The van der Waals surface area contributed by atoms with E-state index < -0.39 is 0 Å². The van der Waals surface area contributed by atoms with Gasteiger partial charge in [0.25, 0.3) is 0 Å². The molecule has 0 aliphatic rings. The van der Waals surface area contributed by atoms with Gasteiger partial charge >= 0.3 is 0 Å². The molecule has 0 saturated heterocycles. The zero-order valence-corrected chi connectivity index (χ0v) is 12.7. The Morgan fingerprint density at radius 1 is 0.947 bits per heavy atom. The molecule has 2 rings (SSSR count). The maximum Gasteiger partial charge on any atom is 0.0364 e. The van der Waals surface area contributed by atoms with Gasteiger partial charge in [0.2, 0.25) is 0 Å². The summed E-state index contributed by atoms with van der Waals surface area (Å²) in [6.45, 7) is 2.18. The summed E-state index contributed by atoms with van der Waals surface area (Å²) in [5.41, 5.74) is 5.22. The van der Waals surface area contributed by atoms with Crippen LogP contribution < -0.4 is 4.90 Å². The number of aryl methyl sites for hydroxylation is 1. The maximum absolute atomic E-state index is 4.56. The number of thiol groups is 1. The van der Waals surface area contributed by atoms with E-state index >= 15 is 0 Å². The first-order valence-electron chi connectivity index (χ1n) is 6.67. The third-order valence-corrected chi connectivity index (χ3v) is 3.84. The summed E-state index contributed by atoms with van der Waals surface area (Å²) in [4.78, 5) is 3.18. The van der Waals surface area contributed by atoms with E-state index in [9.17, 15) is 0 Å². The molecule has 2 aromatic carbocycles. The Kier molecular flexibility index (Phi) is 4.54. The summed E-state index contributed by atoms with van der Waals surface area (Å²) in [5.74, 6) is 0. The lowest BCUT2D eigenvalue weighted by Gasteiger charge is -2.15. The summed E-state index contributed by atoms with van der Waals surface area (Å²) >= 11 is 4.56. The standard InChI is InChI=1S/C17H21NS/c1-4-13-5-7-14(8-6-13)11-15-12-16(18(2)3)9-10-17(15)19/h5-10,12,19H,4,11H2,1-3H3. The summed E-state index contributed by atoms with van der Waals surface area (Å²) in [6, 6.07) is 15.3. The molecule has 2 heteroatoms. The van der Waals surface area contributed by atoms with Crippen molar-refractivity contribution < 1.29 is 0 Å². The highest BCUT2D eigenvalue weighted by molar-refractivity contribution is 7.80. The van der Waals surface area contributed by atoms with Crippen molar-refractivity contribution in [1.29, 1.82) is 0 Å². The average molecular weight is 271 g/mol. The number of nitrogens with zero attached hydrogens (tertiary/aromatic N) is 1. The van der Waals surface area contributed by atoms with E-state index in [-0.39, 0.29) is 0 Å². The van der Waals surface area contributed by atoms with Crippen LogP contribution in [0.1, 0.15) is 23.6 Å². The lowest BCUT2D eigenvalue weighted by atomic mass is 10.0. The first kappa shape index (κ1) is 14.0. The second-order valence-electron chi connectivity index (χ2n) is 5.05. The van der Waals surface area contributed by atoms with Gasteiger partial charge in [-0.15, -0.1) is 12.6 Å². The van der Waals surface area contributed by atoms with Crippen LogP contribution in [0.3, 0.4) is 0 Å². The molecule has 0 amide bonds. The number of hydrogen-bond acceptors (Lipinski definition) is 2. The summed E-state index contributed by atoms with van der Waals surface area (Å²) in [7, 11) is 4.13. The van der Waals surface area contributed by atoms with Crippen LogP contribution in [0.25, 0.3) is 0 Å². The molecule has 0 heterocycles. The minimum absolute atomic E-state index is 0.935. The molecule has 0 aromatic heterocycles. The van der Waals surface area contributed by atoms with Crippen molar-refractivity contribution in [2.45, 2.75) is 24.7 Å². The molecular formula is C17H21NS. The van der Waals surface area contributed by atoms with Gasteiger partial charge < -0.3 is 4.90 Å². The molecule has 0 aliphatic heterocycles. The Hall–Kier alpha value is -1.41. The molecule has 0 bridgehead atoms. The molecule has 0 radical (unpaired) electrons. The van der Waals surface area contributed by atoms with Gasteiger partial charge in [0.1, 0.15) is 0 Å². The minimum atomic E-state index is 0.935. The number of benzene rings is 2. The van der Waals surface area contributed by atoms with Gasteiger partial charge in [-0.2, -0.15) is 0 Å². The molecule has 100 valence electrons. The van der Waals surface area contributed by atoms with E-state index in [2.05, 4.69) is 81.0 Å². The second-order valence-corrected chi connectivity index (χ2v) is 5.54. The molecule has 1 nitrogen and oxygen atoms in total. The molecule has 0 saturated carbocycles. The van der Waals surface area contributed by atoms with Crippen molar-refractivity contribution in [2.75, 3.05) is 19.0 Å². The Morgan fingerprint density at radius 2 is 1.58 bits per heavy atom. The number of rotatable bonds is 4. The fourth-order valence-corrected chi connectivity index (χ4v) is 2.32. The van der Waals surface area contributed by atoms with Crippen LogP contribution in [0.4, 0.5) is 5.69 Å². The monoisotopic (exact) mass is 271 g/mol. The lowest BCUT2D eigenvalue weighted by molar-refractivity contribution is 1.08. The summed E-state index contributed by atoms with van der Waals surface area (Å²) in [6.07, 6.45) is 2.03. The van der Waals surface area contributed by atoms with Gasteiger partial charge in [0.15, 0.2) is 0 Å². The first-order chi connectivity index (χ1) is 9.10. The van der Waals surface area contributed by atoms with Crippen LogP contribution in [0.2, 0.25) is 0 Å². The topological polar surface area (TPSA) is 3.24 Å². The zero-order valence-electron chi connectivity index (χ0n) is 11.9. The van der Waals surface area contributed by atoms with Crippen LogP contribution >= 0.6 is 12.6 Å². The predicted molar refractivity (Wildman–Crippen MR) is 86.6 cm³/mol. The van der Waals surface area contributed by atoms with Gasteiger partial charge in [-0.25, -0.2) is 0 Å². The lowest BCUT2D eigenvalue weighted by Crippen LogP contribution is -2.09. The van der Waals surface area contributed by atoms with E-state index in [1.165, 1.54) is 22.4 Å². The van der Waals surface area contributed by atoms with Gasteiger partial charge in [-0.3, -0.25) is 0 Å². The molecule has 0 atom stereocenters. The van der Waals surface area contributed by atoms with Crippen molar-refractivity contribution in [2.24, 2.45) is 0 Å². The Balaban J connectivity index is 2.23. The molecule has 19 heavy (non-hydrogen) atoms. The van der Waals surface area contributed by atoms with Crippen molar-refractivity contribution in [3.05, 3.63) is 59.2 Å². The van der Waals surface area contributed by atoms with Gasteiger partial charge in [-0.05, 0) is 47.7 Å². The second kappa shape index (κ2) is 6.16. The summed E-state index contributed by atoms with van der Waals surface area (Å²) < 4.78 is 0. The van der Waals surface area contributed by atoms with E-state index in [0.717, 1.165) is 17.7 Å². The fraction of sp³-hybridized carbons (Fsp3) is 0.294. The minimum Gasteiger partial charge on any atom is -0.378 e. The van der Waals surface area contributed by atoms with Crippen LogP contribution in [0, 0.1) is 0 Å². The third-order valence-electron chi connectivity index (χ3n) is 3.41. The van der Waals surface area contributed by atoms with Crippen molar-refractivity contribution >= 4 is 18.3 Å². The third kappa shape index (κ3) is 3.54. The summed E-state index contributed by atoms with van der Waals surface area (Å²) in [5, 5.41) is 0. The van der Waals surface area contributed by atoms with Crippen molar-refractivity contribution in [3.8, 4) is 0 Å². The number of hydrogen-bond donors (Lipinski definition) is 1. The van der Waals surface area contributed by atoms with Crippen molar-refractivity contribution in [1.82, 2.24) is 0 Å². The maximum atomic E-state index is 4.56. The molecule has 0 N–H and O–H groups in total. The first-order valence-corrected chi connectivity index (χ1v) is 7.12. The highest BCUT2D eigenvalue weighted by Crippen LogP contribution is 2.23. The van der Waals surface area contributed by atoms with Crippen LogP contribution in [-0.4, -0.2) is 14.1 Å². The molecule has 0 fully saturated rings. The molecule has 0 spiro atoms. The predicted octanol–water partition coefficient (Wildman–Crippen LogP) is 4.19. The molecule has 0 unspecified atom stereocenters. The van der Waals surface area contributed by atoms with Crippen LogP contribution in [0.5, 0.6) is 0 Å². The smallest absolute Gasteiger partial charge is 0.0364 e. The molecule has 2 aromatic rings. The Morgan fingerprint density at radius 3 is 2.16 bits per heavy atom. The largest absolute Gasteiger partial charge is 0.378 e. The van der Waals surface area contributed by atoms with Crippen molar-refractivity contribution in [3.63, 3.8) is 0 Å². The Bertz CT molecular complexity index is 544. The number of anilines is 1. The van der Waals surface area contributed by atoms with Gasteiger partial charge in [0.05, 0.1) is 0 Å². The van der Waals surface area contributed by atoms with E-state index in [4.69, 9.17) is 0 Å². The normalized spacial score (nSPS) is 10.5. The Labute approximate surface area is 121 Å². The van der Waals surface area contributed by atoms with Gasteiger partial charge in [0, 0.05) is 24.7 Å². The van der Waals surface area contributed by atoms with E-state index in [1.807, 2.05) is 0 Å². The van der Waals surface area contributed by atoms with Crippen LogP contribution in [-0.2, 0) is 12.8 Å². The fourth-order valence-electron chi connectivity index (χ4n) is 2.10. The SMILES string of the molecule is CCc1ccc(Cc2cc(N(C)C)ccc2S)cc1. The van der Waals surface area contributed by atoms with E-state index in [1.54, 1.807) is 0 Å². The molecule has 0 aliphatic carbocycles. The zero-order chi connectivity index (χ0) is 13.8. The van der Waals surface area contributed by atoms with Gasteiger partial charge in [-0.1, -0.05) is 31.2 Å². The quantitative estimate of drug-likeness (QED) is 0.816.